The molecule has 0 aromatic rings. The number of carbonyl (C=O) groups excluding carboxylic acids is 1. The van der Waals surface area contributed by atoms with Crippen molar-refractivity contribution in [1.82, 2.24) is 5.32 Å². The van der Waals surface area contributed by atoms with Crippen LogP contribution in [0.25, 0.3) is 0 Å². The van der Waals surface area contributed by atoms with Gasteiger partial charge >= 0.3 is 6.09 Å². The Labute approximate surface area is 102 Å². The molecule has 1 amide bonds. The topological polar surface area (TPSA) is 81.5 Å². The Morgan fingerprint density at radius 1 is 1.29 bits per heavy atom. The maximum Gasteiger partial charge on any atom is 0.408 e. The molecule has 0 heterocycles. The average Bonchev–Trinajstić information content (AvgIpc) is 1.95. The zero-order chi connectivity index (χ0) is 13.9. The molecular weight excluding hydrogens is 224 g/mol. The van der Waals surface area contributed by atoms with Crippen molar-refractivity contribution >= 4 is 6.09 Å². The molecule has 0 bridgehead atoms. The summed E-state index contributed by atoms with van der Waals surface area (Å²) >= 11 is 0. The van der Waals surface area contributed by atoms with Crippen LogP contribution in [-0.4, -0.2) is 29.2 Å². The van der Waals surface area contributed by atoms with E-state index in [1.165, 1.54) is 0 Å². The molecule has 6 heteroatoms. The maximum atomic E-state index is 11.5. The first-order chi connectivity index (χ1) is 7.42. The van der Waals surface area contributed by atoms with Gasteiger partial charge in [-0.2, -0.15) is 0 Å². The van der Waals surface area contributed by atoms with Gasteiger partial charge < -0.3 is 10.1 Å². The highest BCUT2D eigenvalue weighted by Crippen LogP contribution is 2.20. The van der Waals surface area contributed by atoms with Crippen molar-refractivity contribution in [3.05, 3.63) is 10.1 Å². The van der Waals surface area contributed by atoms with Gasteiger partial charge in [-0.3, -0.25) is 10.1 Å². The van der Waals surface area contributed by atoms with Crippen LogP contribution in [0.4, 0.5) is 4.79 Å². The third kappa shape index (κ3) is 7.54. The van der Waals surface area contributed by atoms with Crippen molar-refractivity contribution in [2.75, 3.05) is 6.54 Å². The second kappa shape index (κ2) is 5.33. The van der Waals surface area contributed by atoms with Gasteiger partial charge in [0.2, 0.25) is 6.54 Å². The summed E-state index contributed by atoms with van der Waals surface area (Å²) in [5.41, 5.74) is -1.01. The molecule has 0 fully saturated rings. The molecule has 0 aliphatic carbocycles. The molecule has 0 unspecified atom stereocenters. The molecule has 0 spiro atoms. The smallest absolute Gasteiger partial charge is 0.408 e. The standard InChI is InChI=1S/C11H22N2O4/c1-10(2,3)8(7-13(15)16)12-9(14)17-11(4,5)6/h8H,7H2,1-6H3,(H,12,14)/t8-/m0/s1. The first-order valence-corrected chi connectivity index (χ1v) is 5.53. The summed E-state index contributed by atoms with van der Waals surface area (Å²) in [4.78, 5) is 21.6. The number of amides is 1. The third-order valence-corrected chi connectivity index (χ3v) is 2.07. The highest BCUT2D eigenvalue weighted by molar-refractivity contribution is 5.68. The van der Waals surface area contributed by atoms with Crippen LogP contribution < -0.4 is 5.32 Å². The predicted molar refractivity (Wildman–Crippen MR) is 64.5 cm³/mol. The van der Waals surface area contributed by atoms with Crippen molar-refractivity contribution in [2.45, 2.75) is 53.2 Å². The van der Waals surface area contributed by atoms with Gasteiger partial charge in [0.1, 0.15) is 11.6 Å². The average molecular weight is 246 g/mol. The van der Waals surface area contributed by atoms with E-state index in [4.69, 9.17) is 4.74 Å². The first kappa shape index (κ1) is 15.7. The van der Waals surface area contributed by atoms with E-state index in [0.29, 0.717) is 0 Å². The Kier molecular flexibility index (Phi) is 4.92. The molecule has 0 aliphatic rings. The number of nitrogens with one attached hydrogen (secondary N) is 1. The number of nitrogens with zero attached hydrogens (tertiary/aromatic N) is 1. The molecule has 0 rings (SSSR count). The number of carbonyl (C=O) groups is 1. The molecular formula is C11H22N2O4. The fourth-order valence-corrected chi connectivity index (χ4v) is 1.13. The number of rotatable bonds is 3. The van der Waals surface area contributed by atoms with Crippen molar-refractivity contribution in [2.24, 2.45) is 5.41 Å². The summed E-state index contributed by atoms with van der Waals surface area (Å²) in [5, 5.41) is 13.1. The summed E-state index contributed by atoms with van der Waals surface area (Å²) in [6.45, 7) is 10.4. The van der Waals surface area contributed by atoms with Crippen molar-refractivity contribution in [3.8, 4) is 0 Å². The minimum Gasteiger partial charge on any atom is -0.444 e. The molecule has 0 radical (unpaired) electrons. The predicted octanol–water partition coefficient (Wildman–Crippen LogP) is 2.20. The number of hydrogen-bond donors (Lipinski definition) is 1. The fraction of sp³-hybridized carbons (Fsp3) is 0.909. The minimum atomic E-state index is -0.626. The van der Waals surface area contributed by atoms with Gasteiger partial charge in [-0.05, 0) is 26.2 Å². The van der Waals surface area contributed by atoms with Crippen LogP contribution >= 0.6 is 0 Å². The van der Waals surface area contributed by atoms with Crippen LogP contribution in [0.2, 0.25) is 0 Å². The first-order valence-electron chi connectivity index (χ1n) is 5.53. The van der Waals surface area contributed by atoms with E-state index >= 15 is 0 Å². The lowest BCUT2D eigenvalue weighted by molar-refractivity contribution is -0.486. The van der Waals surface area contributed by atoms with E-state index < -0.39 is 28.1 Å². The van der Waals surface area contributed by atoms with Crippen LogP contribution in [0.1, 0.15) is 41.5 Å². The van der Waals surface area contributed by atoms with Gasteiger partial charge in [0.05, 0.1) is 0 Å². The third-order valence-electron chi connectivity index (χ3n) is 2.07. The number of hydrogen-bond acceptors (Lipinski definition) is 4. The molecule has 0 saturated carbocycles. The number of alkyl carbamates (subject to hydrolysis) is 1. The largest absolute Gasteiger partial charge is 0.444 e. The Bertz CT molecular complexity index is 289. The highest BCUT2D eigenvalue weighted by atomic mass is 16.6. The molecule has 0 aromatic carbocycles. The van der Waals surface area contributed by atoms with Gasteiger partial charge in [-0.15, -0.1) is 0 Å². The lowest BCUT2D eigenvalue weighted by Gasteiger charge is -2.29. The monoisotopic (exact) mass is 246 g/mol. The SMILES string of the molecule is CC(C)(C)OC(=O)N[C@@H](C[N+](=O)[O-])C(C)(C)C. The Morgan fingerprint density at radius 3 is 2.06 bits per heavy atom. The molecule has 17 heavy (non-hydrogen) atoms. The molecule has 1 atom stereocenters. The maximum absolute atomic E-state index is 11.5. The molecule has 6 nitrogen and oxygen atoms in total. The second-order valence-corrected chi connectivity index (χ2v) is 6.08. The lowest BCUT2D eigenvalue weighted by atomic mass is 9.87. The number of nitro groups is 1. The molecule has 0 saturated heterocycles. The summed E-state index contributed by atoms with van der Waals surface area (Å²) < 4.78 is 5.07. The van der Waals surface area contributed by atoms with Crippen molar-refractivity contribution < 1.29 is 14.5 Å². The van der Waals surface area contributed by atoms with E-state index in [1.54, 1.807) is 20.8 Å². The lowest BCUT2D eigenvalue weighted by Crippen LogP contribution is -2.49. The van der Waals surface area contributed by atoms with Gasteiger partial charge in [-0.25, -0.2) is 4.79 Å². The summed E-state index contributed by atoms with van der Waals surface area (Å²) in [5.74, 6) is 0. The van der Waals surface area contributed by atoms with Gasteiger partial charge in [0, 0.05) is 4.92 Å². The second-order valence-electron chi connectivity index (χ2n) is 6.08. The van der Waals surface area contributed by atoms with E-state index in [-0.39, 0.29) is 6.54 Å². The Hall–Kier alpha value is -1.33. The van der Waals surface area contributed by atoms with Crippen molar-refractivity contribution in [1.29, 1.82) is 0 Å². The van der Waals surface area contributed by atoms with Gasteiger partial charge in [0.25, 0.3) is 0 Å². The quantitative estimate of drug-likeness (QED) is 0.611. The van der Waals surface area contributed by atoms with Gasteiger partial charge in [0.15, 0.2) is 0 Å². The summed E-state index contributed by atoms with van der Waals surface area (Å²) in [6.07, 6.45) is -0.626. The van der Waals surface area contributed by atoms with Gasteiger partial charge in [-0.1, -0.05) is 20.8 Å². The highest BCUT2D eigenvalue weighted by Gasteiger charge is 2.32. The zero-order valence-electron chi connectivity index (χ0n) is 11.4. The Balaban J connectivity index is 4.55. The zero-order valence-corrected chi connectivity index (χ0v) is 11.4. The van der Waals surface area contributed by atoms with E-state index in [2.05, 4.69) is 5.32 Å². The molecule has 1 N–H and O–H groups in total. The normalized spacial score (nSPS) is 14.0. The fourth-order valence-electron chi connectivity index (χ4n) is 1.13. The summed E-state index contributed by atoms with van der Waals surface area (Å²) in [7, 11) is 0. The minimum absolute atomic E-state index is 0.317. The van der Waals surface area contributed by atoms with Crippen molar-refractivity contribution in [3.63, 3.8) is 0 Å². The van der Waals surface area contributed by atoms with E-state index in [0.717, 1.165) is 0 Å². The molecule has 0 aromatic heterocycles. The van der Waals surface area contributed by atoms with Crippen LogP contribution in [0.3, 0.4) is 0 Å². The summed E-state index contributed by atoms with van der Waals surface area (Å²) in [6, 6.07) is -0.563. The molecule has 100 valence electrons. The van der Waals surface area contributed by atoms with E-state index in [9.17, 15) is 14.9 Å². The van der Waals surface area contributed by atoms with E-state index in [1.807, 2.05) is 20.8 Å². The van der Waals surface area contributed by atoms with Crippen LogP contribution in [-0.2, 0) is 4.74 Å². The van der Waals surface area contributed by atoms with Crippen LogP contribution in [0.15, 0.2) is 0 Å². The molecule has 0 aliphatic heterocycles. The van der Waals surface area contributed by atoms with Crippen LogP contribution in [0, 0.1) is 15.5 Å². The van der Waals surface area contributed by atoms with Crippen LogP contribution in [0.5, 0.6) is 0 Å². The number of ether oxygens (including phenoxy) is 1. The Morgan fingerprint density at radius 2 is 1.76 bits per heavy atom.